The van der Waals surface area contributed by atoms with Gasteiger partial charge in [0, 0.05) is 12.0 Å². The highest BCUT2D eigenvalue weighted by Crippen LogP contribution is 2.07. The predicted molar refractivity (Wildman–Crippen MR) is 56.2 cm³/mol. The van der Waals surface area contributed by atoms with E-state index in [1.807, 2.05) is 13.8 Å². The summed E-state index contributed by atoms with van der Waals surface area (Å²) in [5.74, 6) is -0.355. The number of carbonyl (C=O) groups excluding carboxylic acids is 3. The first-order chi connectivity index (χ1) is 7.53. The fraction of sp³-hybridized carbons (Fsp3) is 0.636. The molecule has 0 bridgehead atoms. The second-order valence-electron chi connectivity index (χ2n) is 3.03. The van der Waals surface area contributed by atoms with Gasteiger partial charge in [-0.2, -0.15) is 9.59 Å². The number of esters is 1. The van der Waals surface area contributed by atoms with Crippen molar-refractivity contribution in [1.82, 2.24) is 0 Å². The lowest BCUT2D eigenvalue weighted by molar-refractivity contribution is -0.191. The van der Waals surface area contributed by atoms with E-state index in [0.717, 1.165) is 0 Å². The Morgan fingerprint density at radius 2 is 1.94 bits per heavy atom. The van der Waals surface area contributed by atoms with Crippen LogP contribution in [0.15, 0.2) is 12.2 Å². The SMILES string of the molecule is CCOC(=O)/C=C/[C@@H](C)[C@@H](O)CC.O=C=O. The molecule has 0 spiro atoms. The highest BCUT2D eigenvalue weighted by atomic mass is 16.5. The van der Waals surface area contributed by atoms with Crippen LogP contribution in [0.5, 0.6) is 0 Å². The highest BCUT2D eigenvalue weighted by Gasteiger charge is 2.08. The lowest BCUT2D eigenvalue weighted by atomic mass is 10.0. The van der Waals surface area contributed by atoms with E-state index < -0.39 is 0 Å². The second-order valence-corrected chi connectivity index (χ2v) is 3.03. The number of hydrogen-bond donors (Lipinski definition) is 1. The highest BCUT2D eigenvalue weighted by molar-refractivity contribution is 5.81. The zero-order valence-electron chi connectivity index (χ0n) is 9.80. The van der Waals surface area contributed by atoms with Crippen molar-refractivity contribution in [2.75, 3.05) is 6.61 Å². The van der Waals surface area contributed by atoms with Gasteiger partial charge in [-0.3, -0.25) is 0 Å². The third-order valence-electron chi connectivity index (χ3n) is 1.85. The molecule has 5 nitrogen and oxygen atoms in total. The number of aliphatic hydroxyl groups excluding tert-OH is 1. The van der Waals surface area contributed by atoms with Gasteiger partial charge in [-0.15, -0.1) is 0 Å². The average molecular weight is 230 g/mol. The first-order valence-electron chi connectivity index (χ1n) is 5.05. The Bertz CT molecular complexity index is 241. The van der Waals surface area contributed by atoms with Gasteiger partial charge >= 0.3 is 12.1 Å². The minimum absolute atomic E-state index is 0.00518. The number of aliphatic hydroxyl groups is 1. The van der Waals surface area contributed by atoms with Gasteiger partial charge in [0.1, 0.15) is 0 Å². The van der Waals surface area contributed by atoms with Crippen LogP contribution in [0.3, 0.4) is 0 Å². The standard InChI is InChI=1S/C10H18O3.CO2/c1-4-9(11)8(3)6-7-10(12)13-5-2;2-1-3/h6-9,11H,4-5H2,1-3H3;/b7-6+;/t8-,9+;/m1./s1. The number of hydrogen-bond acceptors (Lipinski definition) is 5. The molecule has 0 unspecified atom stereocenters. The van der Waals surface area contributed by atoms with Gasteiger partial charge in [0.2, 0.25) is 0 Å². The Labute approximate surface area is 95.1 Å². The molecule has 0 fully saturated rings. The Balaban J connectivity index is 0. The lowest BCUT2D eigenvalue weighted by Crippen LogP contribution is -2.14. The summed E-state index contributed by atoms with van der Waals surface area (Å²) >= 11 is 0. The molecule has 1 N–H and O–H groups in total. The molecule has 92 valence electrons. The van der Waals surface area contributed by atoms with Crippen molar-refractivity contribution in [1.29, 1.82) is 0 Å². The molecular weight excluding hydrogens is 212 g/mol. The Hall–Kier alpha value is -1.45. The maximum atomic E-state index is 10.9. The molecule has 0 aromatic carbocycles. The maximum Gasteiger partial charge on any atom is 0.373 e. The monoisotopic (exact) mass is 230 g/mol. The molecule has 0 saturated carbocycles. The average Bonchev–Trinajstić information content (AvgIpc) is 2.26. The van der Waals surface area contributed by atoms with Crippen LogP contribution in [0, 0.1) is 5.92 Å². The van der Waals surface area contributed by atoms with Crippen LogP contribution in [0.2, 0.25) is 0 Å². The van der Waals surface area contributed by atoms with E-state index in [4.69, 9.17) is 14.3 Å². The Morgan fingerprint density at radius 3 is 2.31 bits per heavy atom. The van der Waals surface area contributed by atoms with Crippen molar-refractivity contribution in [2.24, 2.45) is 5.92 Å². The molecule has 16 heavy (non-hydrogen) atoms. The van der Waals surface area contributed by atoms with Crippen LogP contribution in [-0.4, -0.2) is 29.9 Å². The van der Waals surface area contributed by atoms with E-state index in [0.29, 0.717) is 13.0 Å². The molecular formula is C11H18O5. The zero-order valence-corrected chi connectivity index (χ0v) is 9.80. The molecule has 0 saturated heterocycles. The number of carbonyl (C=O) groups is 1. The summed E-state index contributed by atoms with van der Waals surface area (Å²) in [6, 6.07) is 0. The van der Waals surface area contributed by atoms with E-state index in [2.05, 4.69) is 0 Å². The van der Waals surface area contributed by atoms with E-state index >= 15 is 0 Å². The summed E-state index contributed by atoms with van der Waals surface area (Å²) in [6.07, 6.45) is 3.60. The minimum Gasteiger partial charge on any atom is -0.463 e. The topological polar surface area (TPSA) is 80.7 Å². The lowest BCUT2D eigenvalue weighted by Gasteiger charge is -2.11. The van der Waals surface area contributed by atoms with Crippen molar-refractivity contribution in [2.45, 2.75) is 33.3 Å². The van der Waals surface area contributed by atoms with Gasteiger partial charge < -0.3 is 9.84 Å². The fourth-order valence-corrected chi connectivity index (χ4v) is 0.921. The van der Waals surface area contributed by atoms with Crippen LogP contribution in [0.4, 0.5) is 0 Å². The van der Waals surface area contributed by atoms with E-state index in [1.165, 1.54) is 6.08 Å². The quantitative estimate of drug-likeness (QED) is 0.561. The summed E-state index contributed by atoms with van der Waals surface area (Å²) in [4.78, 5) is 27.1. The largest absolute Gasteiger partial charge is 0.463 e. The molecule has 0 amide bonds. The smallest absolute Gasteiger partial charge is 0.373 e. The zero-order chi connectivity index (χ0) is 13.0. The fourth-order valence-electron chi connectivity index (χ4n) is 0.921. The summed E-state index contributed by atoms with van der Waals surface area (Å²) in [7, 11) is 0. The first-order valence-corrected chi connectivity index (χ1v) is 5.05. The summed E-state index contributed by atoms with van der Waals surface area (Å²) < 4.78 is 4.70. The maximum absolute atomic E-state index is 10.9. The van der Waals surface area contributed by atoms with Gasteiger partial charge in [0.25, 0.3) is 0 Å². The molecule has 0 aromatic rings. The summed E-state index contributed by atoms with van der Waals surface area (Å²) in [5.41, 5.74) is 0. The third-order valence-corrected chi connectivity index (χ3v) is 1.85. The molecule has 0 radical (unpaired) electrons. The van der Waals surface area contributed by atoms with E-state index in [1.54, 1.807) is 13.0 Å². The molecule has 0 aliphatic carbocycles. The van der Waals surface area contributed by atoms with Crippen LogP contribution in [0.25, 0.3) is 0 Å². The van der Waals surface area contributed by atoms with E-state index in [-0.39, 0.29) is 24.1 Å². The van der Waals surface area contributed by atoms with Crippen molar-refractivity contribution < 1.29 is 24.2 Å². The van der Waals surface area contributed by atoms with E-state index in [9.17, 15) is 9.90 Å². The van der Waals surface area contributed by atoms with Crippen LogP contribution < -0.4 is 0 Å². The van der Waals surface area contributed by atoms with Crippen molar-refractivity contribution in [3.05, 3.63) is 12.2 Å². The number of ether oxygens (including phenoxy) is 1. The molecule has 0 rings (SSSR count). The molecule has 0 aromatic heterocycles. The molecule has 0 heterocycles. The van der Waals surface area contributed by atoms with Crippen molar-refractivity contribution in [3.8, 4) is 0 Å². The minimum atomic E-state index is -0.384. The van der Waals surface area contributed by atoms with Gasteiger partial charge in [0.05, 0.1) is 12.7 Å². The molecule has 5 heteroatoms. The van der Waals surface area contributed by atoms with Gasteiger partial charge in [-0.25, -0.2) is 4.79 Å². The first kappa shape index (κ1) is 17.0. The van der Waals surface area contributed by atoms with Gasteiger partial charge in [-0.1, -0.05) is 19.9 Å². The Morgan fingerprint density at radius 1 is 1.44 bits per heavy atom. The van der Waals surface area contributed by atoms with Crippen LogP contribution in [-0.2, 0) is 19.1 Å². The predicted octanol–water partition coefficient (Wildman–Crippen LogP) is 0.929. The summed E-state index contributed by atoms with van der Waals surface area (Å²) in [5, 5.41) is 9.37. The normalized spacial score (nSPS) is 13.2. The van der Waals surface area contributed by atoms with Gasteiger partial charge in [0.15, 0.2) is 0 Å². The Kier molecular flexibility index (Phi) is 12.3. The van der Waals surface area contributed by atoms with Gasteiger partial charge in [-0.05, 0) is 13.3 Å². The molecule has 0 aliphatic rings. The number of rotatable bonds is 5. The third kappa shape index (κ3) is 10.6. The summed E-state index contributed by atoms with van der Waals surface area (Å²) in [6.45, 7) is 5.91. The molecule has 2 atom stereocenters. The van der Waals surface area contributed by atoms with Crippen LogP contribution >= 0.6 is 0 Å². The molecule has 0 aliphatic heterocycles. The second kappa shape index (κ2) is 11.6. The van der Waals surface area contributed by atoms with Crippen molar-refractivity contribution >= 4 is 12.1 Å². The van der Waals surface area contributed by atoms with Crippen LogP contribution in [0.1, 0.15) is 27.2 Å². The van der Waals surface area contributed by atoms with Crippen molar-refractivity contribution in [3.63, 3.8) is 0 Å².